The number of carbonyl (C=O) groups is 1. The number of aromatic nitrogens is 4. The van der Waals surface area contributed by atoms with Crippen molar-refractivity contribution in [2.24, 2.45) is 5.41 Å². The molecular formula is C29H30N6O. The second-order valence-electron chi connectivity index (χ2n) is 10.5. The maximum atomic E-state index is 13.3. The van der Waals surface area contributed by atoms with Crippen molar-refractivity contribution in [2.45, 2.75) is 33.2 Å². The minimum Gasteiger partial charge on any atom is -0.361 e. The highest BCUT2D eigenvalue weighted by molar-refractivity contribution is 6.09. The largest absolute Gasteiger partial charge is 0.361 e. The number of piperidine rings is 1. The Balaban J connectivity index is 1.27. The molecule has 7 nitrogen and oxygen atoms in total. The van der Waals surface area contributed by atoms with Gasteiger partial charge in [0.25, 0.3) is 5.91 Å². The Morgan fingerprint density at radius 3 is 2.72 bits per heavy atom. The fourth-order valence-electron chi connectivity index (χ4n) is 5.07. The van der Waals surface area contributed by atoms with Gasteiger partial charge in [0, 0.05) is 29.0 Å². The first kappa shape index (κ1) is 22.5. The van der Waals surface area contributed by atoms with E-state index in [1.54, 1.807) is 12.3 Å². The smallest absolute Gasteiger partial charge is 0.274 e. The quantitative estimate of drug-likeness (QED) is 0.290. The summed E-state index contributed by atoms with van der Waals surface area (Å²) in [4.78, 5) is 23.7. The van der Waals surface area contributed by atoms with Crippen molar-refractivity contribution in [1.82, 2.24) is 25.1 Å². The van der Waals surface area contributed by atoms with E-state index in [1.807, 2.05) is 30.5 Å². The predicted molar refractivity (Wildman–Crippen MR) is 144 cm³/mol. The maximum Gasteiger partial charge on any atom is 0.274 e. The molecule has 0 aliphatic carbocycles. The lowest BCUT2D eigenvalue weighted by Gasteiger charge is -2.36. The summed E-state index contributed by atoms with van der Waals surface area (Å²) in [6.07, 6.45) is 6.05. The third kappa shape index (κ3) is 4.38. The molecule has 2 aromatic carbocycles. The number of rotatable bonds is 5. The number of carbonyl (C=O) groups excluding carboxylic acids is 1. The van der Waals surface area contributed by atoms with Crippen LogP contribution in [0.15, 0.2) is 67.0 Å². The van der Waals surface area contributed by atoms with Gasteiger partial charge in [-0.3, -0.25) is 14.8 Å². The zero-order valence-corrected chi connectivity index (χ0v) is 20.6. The second-order valence-corrected chi connectivity index (χ2v) is 10.5. The Morgan fingerprint density at radius 2 is 1.86 bits per heavy atom. The van der Waals surface area contributed by atoms with E-state index in [1.165, 1.54) is 12.8 Å². The van der Waals surface area contributed by atoms with Gasteiger partial charge in [0.2, 0.25) is 0 Å². The molecule has 0 radical (unpaired) electrons. The van der Waals surface area contributed by atoms with E-state index >= 15 is 0 Å². The van der Waals surface area contributed by atoms with Crippen LogP contribution in [0.5, 0.6) is 0 Å². The molecule has 36 heavy (non-hydrogen) atoms. The van der Waals surface area contributed by atoms with Gasteiger partial charge in [-0.05, 0) is 78.9 Å². The highest BCUT2D eigenvalue weighted by Crippen LogP contribution is 2.34. The molecule has 0 spiro atoms. The SMILES string of the molecule is CC1(C)CCN(Cc2cccc(C(=O)Nc3cc(-c4cccc5[nH]ccc45)cc4[nH]ncc34)n2)CC1. The molecule has 5 aromatic rings. The fraction of sp³-hybridized carbons (Fsp3) is 0.276. The van der Waals surface area contributed by atoms with E-state index in [0.29, 0.717) is 16.8 Å². The maximum absolute atomic E-state index is 13.3. The van der Waals surface area contributed by atoms with Crippen LogP contribution in [0.3, 0.4) is 0 Å². The second kappa shape index (κ2) is 8.91. The molecule has 0 bridgehead atoms. The number of benzene rings is 2. The molecule has 0 atom stereocenters. The highest BCUT2D eigenvalue weighted by Gasteiger charge is 2.25. The van der Waals surface area contributed by atoms with Gasteiger partial charge >= 0.3 is 0 Å². The van der Waals surface area contributed by atoms with E-state index in [2.05, 4.69) is 63.5 Å². The van der Waals surface area contributed by atoms with Crippen LogP contribution >= 0.6 is 0 Å². The molecule has 1 aliphatic heterocycles. The lowest BCUT2D eigenvalue weighted by Crippen LogP contribution is -2.37. The third-order valence-electron chi connectivity index (χ3n) is 7.35. The predicted octanol–water partition coefficient (Wildman–Crippen LogP) is 5.98. The van der Waals surface area contributed by atoms with Crippen LogP contribution in [0.2, 0.25) is 0 Å². The number of aromatic amines is 2. The number of nitrogens with one attached hydrogen (secondary N) is 3. The number of likely N-dealkylation sites (tertiary alicyclic amines) is 1. The number of H-pyrrole nitrogens is 2. The van der Waals surface area contributed by atoms with Crippen LogP contribution in [-0.4, -0.2) is 44.1 Å². The number of nitrogens with zero attached hydrogens (tertiary/aromatic N) is 3. The molecule has 0 saturated carbocycles. The minimum absolute atomic E-state index is 0.226. The first-order valence-electron chi connectivity index (χ1n) is 12.5. The van der Waals surface area contributed by atoms with E-state index in [4.69, 9.17) is 4.98 Å². The number of pyridine rings is 1. The summed E-state index contributed by atoms with van der Waals surface area (Å²) < 4.78 is 0. The van der Waals surface area contributed by atoms with E-state index in [9.17, 15) is 4.79 Å². The summed E-state index contributed by atoms with van der Waals surface area (Å²) >= 11 is 0. The molecule has 4 heterocycles. The van der Waals surface area contributed by atoms with Crippen molar-refractivity contribution in [3.63, 3.8) is 0 Å². The average Bonchev–Trinajstić information content (AvgIpc) is 3.55. The van der Waals surface area contributed by atoms with Gasteiger partial charge in [0.1, 0.15) is 5.69 Å². The molecule has 7 heteroatoms. The normalized spacial score (nSPS) is 15.9. The standard InChI is InChI=1S/C29H30N6O/c1-29(2)10-13-35(14-11-29)18-20-5-3-8-25(32-20)28(36)33-26-15-19(16-27-23(26)17-31-34-27)21-6-4-7-24-22(21)9-12-30-24/h3-9,12,15-17,30H,10-11,13-14,18H2,1-2H3,(H,31,34)(H,33,36). The van der Waals surface area contributed by atoms with Crippen LogP contribution in [0.1, 0.15) is 42.9 Å². The van der Waals surface area contributed by atoms with Crippen molar-refractivity contribution < 1.29 is 4.79 Å². The number of amides is 1. The summed E-state index contributed by atoms with van der Waals surface area (Å²) in [7, 11) is 0. The van der Waals surface area contributed by atoms with Gasteiger partial charge in [0.05, 0.1) is 23.1 Å². The topological polar surface area (TPSA) is 89.7 Å². The minimum atomic E-state index is -0.226. The number of hydrogen-bond donors (Lipinski definition) is 3. The Bertz CT molecular complexity index is 1550. The van der Waals surface area contributed by atoms with Gasteiger partial charge in [-0.25, -0.2) is 4.98 Å². The Hall–Kier alpha value is -3.97. The van der Waals surface area contributed by atoms with E-state index in [0.717, 1.165) is 58.3 Å². The van der Waals surface area contributed by atoms with Gasteiger partial charge in [-0.2, -0.15) is 5.10 Å². The molecule has 3 N–H and O–H groups in total. The summed E-state index contributed by atoms with van der Waals surface area (Å²) in [6, 6.07) is 18.0. The Kier molecular flexibility index (Phi) is 5.57. The Labute approximate surface area is 209 Å². The Morgan fingerprint density at radius 1 is 1.03 bits per heavy atom. The van der Waals surface area contributed by atoms with Gasteiger partial charge in [-0.1, -0.05) is 32.0 Å². The molecule has 1 aliphatic rings. The van der Waals surface area contributed by atoms with Crippen LogP contribution in [0.25, 0.3) is 32.9 Å². The van der Waals surface area contributed by atoms with Gasteiger partial charge < -0.3 is 10.3 Å². The number of fused-ring (bicyclic) bond motifs is 2. The lowest BCUT2D eigenvalue weighted by molar-refractivity contribution is 0.102. The lowest BCUT2D eigenvalue weighted by atomic mass is 9.83. The molecule has 6 rings (SSSR count). The van der Waals surface area contributed by atoms with Crippen LogP contribution in [0.4, 0.5) is 5.69 Å². The zero-order chi connectivity index (χ0) is 24.7. The zero-order valence-electron chi connectivity index (χ0n) is 20.6. The van der Waals surface area contributed by atoms with Crippen molar-refractivity contribution in [3.05, 3.63) is 78.4 Å². The summed E-state index contributed by atoms with van der Waals surface area (Å²) in [5.74, 6) is -0.226. The summed E-state index contributed by atoms with van der Waals surface area (Å²) in [6.45, 7) is 7.55. The van der Waals surface area contributed by atoms with Crippen molar-refractivity contribution >= 4 is 33.4 Å². The van der Waals surface area contributed by atoms with Crippen LogP contribution < -0.4 is 5.32 Å². The first-order chi connectivity index (χ1) is 17.4. The fourth-order valence-corrected chi connectivity index (χ4v) is 5.07. The number of hydrogen-bond acceptors (Lipinski definition) is 4. The van der Waals surface area contributed by atoms with Gasteiger partial charge in [-0.15, -0.1) is 0 Å². The molecule has 0 unspecified atom stereocenters. The summed E-state index contributed by atoms with van der Waals surface area (Å²) in [5, 5.41) is 12.4. The molecule has 1 saturated heterocycles. The van der Waals surface area contributed by atoms with Crippen LogP contribution in [0, 0.1) is 5.41 Å². The average molecular weight is 479 g/mol. The monoisotopic (exact) mass is 478 g/mol. The van der Waals surface area contributed by atoms with Gasteiger partial charge in [0.15, 0.2) is 0 Å². The molecule has 182 valence electrons. The summed E-state index contributed by atoms with van der Waals surface area (Å²) in [5.41, 5.74) is 6.48. The van der Waals surface area contributed by atoms with Crippen molar-refractivity contribution in [2.75, 3.05) is 18.4 Å². The third-order valence-corrected chi connectivity index (χ3v) is 7.35. The van der Waals surface area contributed by atoms with E-state index in [-0.39, 0.29) is 5.91 Å². The number of anilines is 1. The molecular weight excluding hydrogens is 448 g/mol. The van der Waals surface area contributed by atoms with Crippen molar-refractivity contribution in [1.29, 1.82) is 0 Å². The molecule has 1 fully saturated rings. The first-order valence-corrected chi connectivity index (χ1v) is 12.5. The van der Waals surface area contributed by atoms with E-state index < -0.39 is 0 Å². The van der Waals surface area contributed by atoms with Crippen LogP contribution in [-0.2, 0) is 6.54 Å². The molecule has 1 amide bonds. The highest BCUT2D eigenvalue weighted by atomic mass is 16.1. The van der Waals surface area contributed by atoms with Crippen molar-refractivity contribution in [3.8, 4) is 11.1 Å². The molecule has 3 aromatic heterocycles.